The number of carboxylic acids is 1. The molecule has 1 amide bonds. The highest BCUT2D eigenvalue weighted by atomic mass is 19.1. The Hall–Kier alpha value is -1.95. The average molecular weight is 321 g/mol. The number of carbonyl (C=O) groups excluding carboxylic acids is 1. The SMILES string of the molecule is O=C(O)C1(CNC(=O)C2(c3ccc(F)cc3)CCOCC2)CC1. The zero-order chi connectivity index (χ0) is 16.5. The summed E-state index contributed by atoms with van der Waals surface area (Å²) in [5, 5.41) is 12.0. The number of halogens is 1. The first-order chi connectivity index (χ1) is 11.0. The van der Waals surface area contributed by atoms with Crippen molar-refractivity contribution in [3.05, 3.63) is 35.6 Å². The summed E-state index contributed by atoms with van der Waals surface area (Å²) in [6, 6.07) is 5.95. The summed E-state index contributed by atoms with van der Waals surface area (Å²) < 4.78 is 18.6. The van der Waals surface area contributed by atoms with Gasteiger partial charge in [-0.1, -0.05) is 12.1 Å². The lowest BCUT2D eigenvalue weighted by Crippen LogP contribution is -2.49. The minimum absolute atomic E-state index is 0.144. The fourth-order valence-corrected chi connectivity index (χ4v) is 3.17. The van der Waals surface area contributed by atoms with Gasteiger partial charge >= 0.3 is 5.97 Å². The quantitative estimate of drug-likeness (QED) is 0.868. The van der Waals surface area contributed by atoms with Crippen LogP contribution < -0.4 is 5.32 Å². The van der Waals surface area contributed by atoms with Gasteiger partial charge in [-0.3, -0.25) is 9.59 Å². The van der Waals surface area contributed by atoms with E-state index in [1.165, 1.54) is 12.1 Å². The minimum Gasteiger partial charge on any atom is -0.481 e. The van der Waals surface area contributed by atoms with Crippen LogP contribution in [0, 0.1) is 11.2 Å². The lowest BCUT2D eigenvalue weighted by Gasteiger charge is -2.36. The van der Waals surface area contributed by atoms with Crippen LogP contribution in [0.2, 0.25) is 0 Å². The lowest BCUT2D eigenvalue weighted by atomic mass is 9.73. The largest absolute Gasteiger partial charge is 0.481 e. The Morgan fingerprint density at radius 3 is 2.26 bits per heavy atom. The van der Waals surface area contributed by atoms with E-state index in [0.717, 1.165) is 5.56 Å². The minimum atomic E-state index is -0.861. The van der Waals surface area contributed by atoms with Gasteiger partial charge in [0.15, 0.2) is 0 Å². The van der Waals surface area contributed by atoms with Crippen molar-refractivity contribution in [1.29, 1.82) is 0 Å². The van der Waals surface area contributed by atoms with Gasteiger partial charge in [0.2, 0.25) is 5.91 Å². The molecule has 1 aromatic rings. The molecule has 0 unspecified atom stereocenters. The number of rotatable bonds is 5. The lowest BCUT2D eigenvalue weighted by molar-refractivity contribution is -0.143. The van der Waals surface area contributed by atoms with Gasteiger partial charge < -0.3 is 15.2 Å². The summed E-state index contributed by atoms with van der Waals surface area (Å²) in [7, 11) is 0. The number of aliphatic carboxylic acids is 1. The molecular weight excluding hydrogens is 301 g/mol. The molecule has 1 heterocycles. The van der Waals surface area contributed by atoms with Crippen LogP contribution in [0.25, 0.3) is 0 Å². The normalized spacial score (nSPS) is 21.4. The third kappa shape index (κ3) is 2.95. The van der Waals surface area contributed by atoms with E-state index in [9.17, 15) is 19.1 Å². The molecule has 0 spiro atoms. The fraction of sp³-hybridized carbons (Fsp3) is 0.529. The van der Waals surface area contributed by atoms with Gasteiger partial charge in [-0.2, -0.15) is 0 Å². The number of benzene rings is 1. The van der Waals surface area contributed by atoms with Crippen molar-refractivity contribution in [2.45, 2.75) is 31.1 Å². The molecule has 2 N–H and O–H groups in total. The predicted octanol–water partition coefficient (Wildman–Crippen LogP) is 1.85. The molecule has 6 heteroatoms. The van der Waals surface area contributed by atoms with Crippen LogP contribution in [0.3, 0.4) is 0 Å². The second kappa shape index (κ2) is 5.92. The third-order valence-corrected chi connectivity index (χ3v) is 5.07. The predicted molar refractivity (Wildman–Crippen MR) is 80.4 cm³/mol. The molecule has 2 fully saturated rings. The highest BCUT2D eigenvalue weighted by Gasteiger charge is 2.51. The van der Waals surface area contributed by atoms with Crippen molar-refractivity contribution in [3.8, 4) is 0 Å². The Labute approximate surface area is 133 Å². The van der Waals surface area contributed by atoms with E-state index in [0.29, 0.717) is 38.9 Å². The fourth-order valence-electron chi connectivity index (χ4n) is 3.17. The number of amides is 1. The van der Waals surface area contributed by atoms with Crippen molar-refractivity contribution in [2.24, 2.45) is 5.41 Å². The van der Waals surface area contributed by atoms with Crippen LogP contribution in [0.5, 0.6) is 0 Å². The van der Waals surface area contributed by atoms with Crippen LogP contribution in [-0.4, -0.2) is 36.7 Å². The summed E-state index contributed by atoms with van der Waals surface area (Å²) in [4.78, 5) is 24.1. The van der Waals surface area contributed by atoms with Gasteiger partial charge in [0, 0.05) is 19.8 Å². The summed E-state index contributed by atoms with van der Waals surface area (Å²) in [5.74, 6) is -1.40. The zero-order valence-corrected chi connectivity index (χ0v) is 12.8. The van der Waals surface area contributed by atoms with Crippen LogP contribution in [-0.2, 0) is 19.7 Å². The maximum absolute atomic E-state index is 13.2. The maximum atomic E-state index is 13.2. The molecule has 0 radical (unpaired) electrons. The van der Waals surface area contributed by atoms with E-state index < -0.39 is 16.8 Å². The molecule has 0 aromatic heterocycles. The van der Waals surface area contributed by atoms with Gasteiger partial charge in [0.05, 0.1) is 10.8 Å². The average Bonchev–Trinajstić information content (AvgIpc) is 3.35. The van der Waals surface area contributed by atoms with Gasteiger partial charge in [0.25, 0.3) is 0 Å². The molecule has 1 aliphatic carbocycles. The maximum Gasteiger partial charge on any atom is 0.311 e. The molecule has 0 bridgehead atoms. The van der Waals surface area contributed by atoms with E-state index in [-0.39, 0.29) is 18.3 Å². The second-order valence-corrected chi connectivity index (χ2v) is 6.47. The van der Waals surface area contributed by atoms with E-state index in [1.54, 1.807) is 12.1 Å². The number of hydrogen-bond acceptors (Lipinski definition) is 3. The molecule has 2 aliphatic rings. The smallest absolute Gasteiger partial charge is 0.311 e. The van der Waals surface area contributed by atoms with Crippen molar-refractivity contribution in [1.82, 2.24) is 5.32 Å². The molecule has 1 aromatic carbocycles. The molecule has 1 saturated heterocycles. The Balaban J connectivity index is 1.79. The highest BCUT2D eigenvalue weighted by Crippen LogP contribution is 2.45. The molecule has 1 aliphatic heterocycles. The first-order valence-electron chi connectivity index (χ1n) is 7.84. The van der Waals surface area contributed by atoms with Crippen molar-refractivity contribution in [2.75, 3.05) is 19.8 Å². The molecule has 5 nitrogen and oxygen atoms in total. The van der Waals surface area contributed by atoms with Gasteiger partial charge in [-0.15, -0.1) is 0 Å². The summed E-state index contributed by atoms with van der Waals surface area (Å²) >= 11 is 0. The van der Waals surface area contributed by atoms with Gasteiger partial charge in [-0.05, 0) is 43.4 Å². The van der Waals surface area contributed by atoms with Crippen LogP contribution in [0.15, 0.2) is 24.3 Å². The second-order valence-electron chi connectivity index (χ2n) is 6.47. The Morgan fingerprint density at radius 1 is 1.13 bits per heavy atom. The van der Waals surface area contributed by atoms with E-state index in [4.69, 9.17) is 4.74 Å². The summed E-state index contributed by atoms with van der Waals surface area (Å²) in [5.41, 5.74) is -0.828. The number of ether oxygens (including phenoxy) is 1. The Kier molecular flexibility index (Phi) is 4.10. The number of hydrogen-bond donors (Lipinski definition) is 2. The van der Waals surface area contributed by atoms with Crippen molar-refractivity contribution < 1.29 is 23.8 Å². The van der Waals surface area contributed by atoms with E-state index >= 15 is 0 Å². The molecule has 0 atom stereocenters. The first kappa shape index (κ1) is 15.9. The monoisotopic (exact) mass is 321 g/mol. The highest BCUT2D eigenvalue weighted by molar-refractivity contribution is 5.89. The van der Waals surface area contributed by atoms with E-state index in [2.05, 4.69) is 5.32 Å². The van der Waals surface area contributed by atoms with Gasteiger partial charge in [0.1, 0.15) is 5.82 Å². The molecule has 124 valence electrons. The van der Waals surface area contributed by atoms with Gasteiger partial charge in [-0.25, -0.2) is 4.39 Å². The number of carboxylic acid groups (broad SMARTS) is 1. The van der Waals surface area contributed by atoms with Crippen molar-refractivity contribution >= 4 is 11.9 Å². The van der Waals surface area contributed by atoms with Crippen LogP contribution in [0.4, 0.5) is 4.39 Å². The zero-order valence-electron chi connectivity index (χ0n) is 12.8. The van der Waals surface area contributed by atoms with Crippen LogP contribution >= 0.6 is 0 Å². The summed E-state index contributed by atoms with van der Waals surface area (Å²) in [6.45, 7) is 1.05. The number of carbonyl (C=O) groups is 2. The molecular formula is C17H20FNO4. The summed E-state index contributed by atoms with van der Waals surface area (Å²) in [6.07, 6.45) is 2.19. The molecule has 23 heavy (non-hydrogen) atoms. The molecule has 3 rings (SSSR count). The standard InChI is InChI=1S/C17H20FNO4/c18-13-3-1-12(2-4-13)17(7-9-23-10-8-17)14(20)19-11-16(5-6-16)15(21)22/h1-4H,5-11H2,(H,19,20)(H,21,22). The van der Waals surface area contributed by atoms with Crippen LogP contribution in [0.1, 0.15) is 31.2 Å². The molecule has 1 saturated carbocycles. The van der Waals surface area contributed by atoms with E-state index in [1.807, 2.05) is 0 Å². The first-order valence-corrected chi connectivity index (χ1v) is 7.84. The van der Waals surface area contributed by atoms with Crippen molar-refractivity contribution in [3.63, 3.8) is 0 Å². The Bertz CT molecular complexity index is 604. The number of nitrogens with one attached hydrogen (secondary N) is 1. The Morgan fingerprint density at radius 2 is 1.74 bits per heavy atom. The third-order valence-electron chi connectivity index (χ3n) is 5.07. The topological polar surface area (TPSA) is 75.6 Å².